The molecule has 130 valence electrons. The lowest BCUT2D eigenvalue weighted by Crippen LogP contribution is -2.40. The van der Waals surface area contributed by atoms with Crippen LogP contribution in [0.25, 0.3) is 0 Å². The molecule has 0 aliphatic rings. The van der Waals surface area contributed by atoms with Crippen molar-refractivity contribution < 1.29 is 4.74 Å². The van der Waals surface area contributed by atoms with Gasteiger partial charge in [-0.15, -0.1) is 24.0 Å². The van der Waals surface area contributed by atoms with Crippen molar-refractivity contribution >= 4 is 29.9 Å². The second kappa shape index (κ2) is 10.9. The zero-order chi connectivity index (χ0) is 16.5. The number of guanidine groups is 1. The van der Waals surface area contributed by atoms with Crippen LogP contribution in [0.3, 0.4) is 0 Å². The molecule has 0 amide bonds. The summed E-state index contributed by atoms with van der Waals surface area (Å²) >= 11 is 0. The van der Waals surface area contributed by atoms with Gasteiger partial charge in [-0.3, -0.25) is 4.99 Å². The zero-order valence-electron chi connectivity index (χ0n) is 14.5. The molecule has 0 heterocycles. The molecule has 2 rings (SSSR count). The van der Waals surface area contributed by atoms with Gasteiger partial charge in [-0.1, -0.05) is 42.5 Å². The third kappa shape index (κ3) is 6.78. The molecular formula is C19H26IN3O. The monoisotopic (exact) mass is 439 g/mol. The normalized spacial score (nSPS) is 12.0. The molecule has 24 heavy (non-hydrogen) atoms. The van der Waals surface area contributed by atoms with E-state index in [-0.39, 0.29) is 30.0 Å². The van der Waals surface area contributed by atoms with Gasteiger partial charge < -0.3 is 15.4 Å². The summed E-state index contributed by atoms with van der Waals surface area (Å²) in [5, 5.41) is 6.64. The maximum Gasteiger partial charge on any atom is 0.191 e. The van der Waals surface area contributed by atoms with Gasteiger partial charge >= 0.3 is 0 Å². The summed E-state index contributed by atoms with van der Waals surface area (Å²) in [6.07, 6.45) is 0. The Balaban J connectivity index is 0.00000288. The van der Waals surface area contributed by atoms with Crippen molar-refractivity contribution in [1.82, 2.24) is 10.6 Å². The minimum absolute atomic E-state index is 0. The number of hydrogen-bond donors (Lipinski definition) is 2. The van der Waals surface area contributed by atoms with Crippen molar-refractivity contribution in [3.05, 3.63) is 65.7 Å². The Morgan fingerprint density at radius 3 is 2.54 bits per heavy atom. The van der Waals surface area contributed by atoms with E-state index in [1.165, 1.54) is 11.1 Å². The number of aryl methyl sites for hydroxylation is 1. The molecule has 1 atom stereocenters. The van der Waals surface area contributed by atoms with Crippen LogP contribution in [0.2, 0.25) is 0 Å². The summed E-state index contributed by atoms with van der Waals surface area (Å²) in [5.74, 6) is 1.67. The number of ether oxygens (including phenoxy) is 1. The third-order valence-corrected chi connectivity index (χ3v) is 3.53. The number of aliphatic imine (C=N–C) groups is 1. The number of hydrogen-bond acceptors (Lipinski definition) is 2. The van der Waals surface area contributed by atoms with Gasteiger partial charge in [0.2, 0.25) is 0 Å². The summed E-state index contributed by atoms with van der Waals surface area (Å²) in [6.45, 7) is 5.45. The Morgan fingerprint density at radius 2 is 1.88 bits per heavy atom. The van der Waals surface area contributed by atoms with E-state index in [9.17, 15) is 0 Å². The van der Waals surface area contributed by atoms with Gasteiger partial charge in [0, 0.05) is 7.05 Å². The lowest BCUT2D eigenvalue weighted by molar-refractivity contribution is 0.321. The van der Waals surface area contributed by atoms with E-state index in [4.69, 9.17) is 4.74 Å². The molecule has 2 aromatic carbocycles. The number of benzene rings is 2. The van der Waals surface area contributed by atoms with Crippen LogP contribution in [-0.2, 0) is 0 Å². The molecule has 5 heteroatoms. The van der Waals surface area contributed by atoms with Crippen molar-refractivity contribution in [1.29, 1.82) is 0 Å². The van der Waals surface area contributed by atoms with Crippen LogP contribution in [-0.4, -0.2) is 26.2 Å². The summed E-state index contributed by atoms with van der Waals surface area (Å²) in [7, 11) is 1.77. The molecule has 0 spiro atoms. The smallest absolute Gasteiger partial charge is 0.191 e. The van der Waals surface area contributed by atoms with Crippen LogP contribution in [0.4, 0.5) is 0 Å². The molecule has 0 saturated heterocycles. The van der Waals surface area contributed by atoms with Crippen LogP contribution >= 0.6 is 24.0 Å². The van der Waals surface area contributed by atoms with Gasteiger partial charge in [-0.05, 0) is 37.1 Å². The first-order valence-electron chi connectivity index (χ1n) is 7.90. The topological polar surface area (TPSA) is 45.7 Å². The predicted octanol–water partition coefficient (Wildman–Crippen LogP) is 3.92. The lowest BCUT2D eigenvalue weighted by atomic mass is 10.1. The minimum atomic E-state index is 0. The highest BCUT2D eigenvalue weighted by Crippen LogP contribution is 2.12. The maximum absolute atomic E-state index is 5.73. The summed E-state index contributed by atoms with van der Waals surface area (Å²) in [6, 6.07) is 18.6. The van der Waals surface area contributed by atoms with Gasteiger partial charge in [-0.2, -0.15) is 0 Å². The Morgan fingerprint density at radius 1 is 1.12 bits per heavy atom. The van der Waals surface area contributed by atoms with Crippen molar-refractivity contribution in [2.75, 3.05) is 20.2 Å². The molecule has 0 fully saturated rings. The van der Waals surface area contributed by atoms with Gasteiger partial charge in [0.05, 0.1) is 12.6 Å². The number of rotatable bonds is 6. The standard InChI is InChI=1S/C19H25N3O.HI/c1-15-8-7-11-18(14-15)23-13-12-21-19(20-3)22-16(2)17-9-5-4-6-10-17;/h4-11,14,16H,12-13H2,1-3H3,(H2,20,21,22);1H. The Hall–Kier alpha value is -1.76. The van der Waals surface area contributed by atoms with Gasteiger partial charge in [0.1, 0.15) is 12.4 Å². The number of nitrogens with zero attached hydrogens (tertiary/aromatic N) is 1. The molecule has 0 bridgehead atoms. The minimum Gasteiger partial charge on any atom is -0.492 e. The Bertz CT molecular complexity index is 632. The fourth-order valence-electron chi connectivity index (χ4n) is 2.27. The second-order valence-corrected chi connectivity index (χ2v) is 5.44. The lowest BCUT2D eigenvalue weighted by Gasteiger charge is -2.18. The van der Waals surface area contributed by atoms with Crippen molar-refractivity contribution in [2.45, 2.75) is 19.9 Å². The Kier molecular flexibility index (Phi) is 9.22. The summed E-state index contributed by atoms with van der Waals surface area (Å²) in [5.41, 5.74) is 2.43. The maximum atomic E-state index is 5.73. The van der Waals surface area contributed by atoms with Crippen molar-refractivity contribution in [3.8, 4) is 5.75 Å². The van der Waals surface area contributed by atoms with Crippen molar-refractivity contribution in [3.63, 3.8) is 0 Å². The molecule has 2 N–H and O–H groups in total. The molecule has 0 aliphatic heterocycles. The highest BCUT2D eigenvalue weighted by atomic mass is 127. The van der Waals surface area contributed by atoms with Gasteiger partial charge in [0.15, 0.2) is 5.96 Å². The average Bonchev–Trinajstić information content (AvgIpc) is 2.58. The highest BCUT2D eigenvalue weighted by molar-refractivity contribution is 14.0. The zero-order valence-corrected chi connectivity index (χ0v) is 16.8. The molecule has 0 aliphatic carbocycles. The van der Waals surface area contributed by atoms with E-state index in [2.05, 4.69) is 47.7 Å². The largest absolute Gasteiger partial charge is 0.492 e. The van der Waals surface area contributed by atoms with E-state index < -0.39 is 0 Å². The van der Waals surface area contributed by atoms with Crippen LogP contribution in [0.15, 0.2) is 59.6 Å². The summed E-state index contributed by atoms with van der Waals surface area (Å²) < 4.78 is 5.73. The van der Waals surface area contributed by atoms with Crippen LogP contribution in [0.5, 0.6) is 5.75 Å². The van der Waals surface area contributed by atoms with E-state index in [1.807, 2.05) is 36.4 Å². The number of nitrogens with one attached hydrogen (secondary N) is 2. The molecular weight excluding hydrogens is 413 g/mol. The molecule has 0 radical (unpaired) electrons. The molecule has 1 unspecified atom stereocenters. The van der Waals surface area contributed by atoms with Crippen LogP contribution in [0.1, 0.15) is 24.1 Å². The van der Waals surface area contributed by atoms with E-state index in [0.717, 1.165) is 11.7 Å². The number of halogens is 1. The first-order valence-corrected chi connectivity index (χ1v) is 7.90. The fourth-order valence-corrected chi connectivity index (χ4v) is 2.27. The van der Waals surface area contributed by atoms with Crippen LogP contribution < -0.4 is 15.4 Å². The predicted molar refractivity (Wildman–Crippen MR) is 111 cm³/mol. The van der Waals surface area contributed by atoms with E-state index in [1.54, 1.807) is 7.05 Å². The van der Waals surface area contributed by atoms with Crippen LogP contribution in [0, 0.1) is 6.92 Å². The fraction of sp³-hybridized carbons (Fsp3) is 0.316. The van der Waals surface area contributed by atoms with E-state index >= 15 is 0 Å². The molecule has 0 aromatic heterocycles. The van der Waals surface area contributed by atoms with Gasteiger partial charge in [-0.25, -0.2) is 0 Å². The quantitative estimate of drug-likeness (QED) is 0.311. The van der Waals surface area contributed by atoms with Crippen molar-refractivity contribution in [2.24, 2.45) is 4.99 Å². The highest BCUT2D eigenvalue weighted by Gasteiger charge is 2.06. The Labute approximate surface area is 161 Å². The molecule has 0 saturated carbocycles. The average molecular weight is 439 g/mol. The first kappa shape index (κ1) is 20.3. The van der Waals surface area contributed by atoms with E-state index in [0.29, 0.717) is 13.2 Å². The third-order valence-electron chi connectivity index (χ3n) is 3.53. The van der Waals surface area contributed by atoms with Gasteiger partial charge in [0.25, 0.3) is 0 Å². The first-order chi connectivity index (χ1) is 11.2. The molecule has 2 aromatic rings. The molecule has 4 nitrogen and oxygen atoms in total. The SMILES string of the molecule is CN=C(NCCOc1cccc(C)c1)NC(C)c1ccccc1.I. The summed E-state index contributed by atoms with van der Waals surface area (Å²) in [4.78, 5) is 4.25. The second-order valence-electron chi connectivity index (χ2n) is 5.44.